The molecule has 3 rings (SSSR count). The molecule has 2 heterocycles. The van der Waals surface area contributed by atoms with Crippen LogP contribution in [0.2, 0.25) is 5.15 Å². The normalized spacial score (nSPS) is 19.8. The summed E-state index contributed by atoms with van der Waals surface area (Å²) in [5, 5.41) is 3.81. The largest absolute Gasteiger partial charge is 0.482 e. The van der Waals surface area contributed by atoms with Gasteiger partial charge < -0.3 is 10.1 Å². The van der Waals surface area contributed by atoms with Crippen LogP contribution in [0.1, 0.15) is 18.1 Å². The van der Waals surface area contributed by atoms with Crippen LogP contribution in [0.4, 0.5) is 0 Å². The van der Waals surface area contributed by atoms with Gasteiger partial charge in [-0.3, -0.25) is 0 Å². The van der Waals surface area contributed by atoms with E-state index in [-0.39, 0.29) is 6.10 Å². The summed E-state index contributed by atoms with van der Waals surface area (Å²) in [5.74, 6) is 1.10. The molecule has 1 aliphatic heterocycles. The summed E-state index contributed by atoms with van der Waals surface area (Å²) in [6, 6.07) is 14.0. The molecule has 20 heavy (non-hydrogen) atoms. The van der Waals surface area contributed by atoms with Crippen LogP contribution in [0.5, 0.6) is 5.75 Å². The van der Waals surface area contributed by atoms with Gasteiger partial charge in [-0.1, -0.05) is 41.9 Å². The number of pyridine rings is 1. The third-order valence-electron chi connectivity index (χ3n) is 3.63. The number of rotatable bonds is 4. The van der Waals surface area contributed by atoms with Crippen LogP contribution in [0, 0.1) is 5.92 Å². The molecule has 0 radical (unpaired) electrons. The molecule has 0 spiro atoms. The Kier molecular flexibility index (Phi) is 4.19. The molecule has 104 valence electrons. The fourth-order valence-electron chi connectivity index (χ4n) is 2.61. The highest BCUT2D eigenvalue weighted by Gasteiger charge is 2.28. The molecule has 1 unspecified atom stereocenters. The van der Waals surface area contributed by atoms with Crippen LogP contribution < -0.4 is 10.1 Å². The second-order valence-electron chi connectivity index (χ2n) is 4.99. The second kappa shape index (κ2) is 6.25. The molecular formula is C16H17ClN2O. The van der Waals surface area contributed by atoms with Crippen LogP contribution in [-0.2, 0) is 0 Å². The molecule has 1 N–H and O–H groups in total. The number of hydrogen-bond donors (Lipinski definition) is 1. The molecule has 0 amide bonds. The molecule has 1 aliphatic rings. The average Bonchev–Trinajstić information content (AvgIpc) is 3.01. The maximum absolute atomic E-state index is 6.18. The Balaban J connectivity index is 1.88. The number of nitrogens with zero attached hydrogens (tertiary/aromatic N) is 1. The predicted octanol–water partition coefficient (Wildman–Crippen LogP) is 3.46. The molecule has 2 atom stereocenters. The Morgan fingerprint density at radius 1 is 1.20 bits per heavy atom. The SMILES string of the molecule is Clc1ncccc1O[C@H](c1ccccc1)C1CCNC1. The van der Waals surface area contributed by atoms with Gasteiger partial charge in [0.15, 0.2) is 10.9 Å². The van der Waals surface area contributed by atoms with Gasteiger partial charge in [0.2, 0.25) is 0 Å². The fraction of sp³-hybridized carbons (Fsp3) is 0.312. The zero-order valence-corrected chi connectivity index (χ0v) is 11.9. The molecule has 0 bridgehead atoms. The van der Waals surface area contributed by atoms with E-state index in [1.165, 1.54) is 5.56 Å². The molecule has 1 aromatic heterocycles. The molecule has 1 saturated heterocycles. The van der Waals surface area contributed by atoms with Crippen LogP contribution in [-0.4, -0.2) is 18.1 Å². The lowest BCUT2D eigenvalue weighted by Crippen LogP contribution is -2.21. The number of benzene rings is 1. The Morgan fingerprint density at radius 2 is 2.05 bits per heavy atom. The topological polar surface area (TPSA) is 34.1 Å². The fourth-order valence-corrected chi connectivity index (χ4v) is 2.77. The van der Waals surface area contributed by atoms with Crippen LogP contribution in [0.25, 0.3) is 0 Å². The van der Waals surface area contributed by atoms with Gasteiger partial charge in [-0.2, -0.15) is 0 Å². The average molecular weight is 289 g/mol. The van der Waals surface area contributed by atoms with E-state index in [0.29, 0.717) is 16.8 Å². The summed E-state index contributed by atoms with van der Waals surface area (Å²) in [7, 11) is 0. The van der Waals surface area contributed by atoms with Crippen molar-refractivity contribution in [2.24, 2.45) is 5.92 Å². The van der Waals surface area contributed by atoms with Crippen molar-refractivity contribution >= 4 is 11.6 Å². The van der Waals surface area contributed by atoms with Crippen molar-refractivity contribution < 1.29 is 4.74 Å². The van der Waals surface area contributed by atoms with Crippen LogP contribution in [0.3, 0.4) is 0 Å². The van der Waals surface area contributed by atoms with Crippen LogP contribution >= 0.6 is 11.6 Å². The highest BCUT2D eigenvalue weighted by Crippen LogP contribution is 2.34. The molecule has 0 aliphatic carbocycles. The maximum atomic E-state index is 6.18. The van der Waals surface area contributed by atoms with Crippen molar-refractivity contribution in [2.75, 3.05) is 13.1 Å². The molecule has 1 fully saturated rings. The zero-order chi connectivity index (χ0) is 13.8. The highest BCUT2D eigenvalue weighted by atomic mass is 35.5. The minimum Gasteiger partial charge on any atom is -0.482 e. The number of nitrogens with one attached hydrogen (secondary N) is 1. The Hall–Kier alpha value is -1.58. The monoisotopic (exact) mass is 288 g/mol. The first kappa shape index (κ1) is 13.4. The molecule has 1 aromatic carbocycles. The molecule has 2 aromatic rings. The van der Waals surface area contributed by atoms with E-state index in [9.17, 15) is 0 Å². The van der Waals surface area contributed by atoms with Gasteiger partial charge in [-0.25, -0.2) is 4.98 Å². The molecular weight excluding hydrogens is 272 g/mol. The number of hydrogen-bond acceptors (Lipinski definition) is 3. The van der Waals surface area contributed by atoms with Gasteiger partial charge in [0.1, 0.15) is 6.10 Å². The third-order valence-corrected chi connectivity index (χ3v) is 3.92. The van der Waals surface area contributed by atoms with Crippen molar-refractivity contribution in [3.63, 3.8) is 0 Å². The molecule has 3 nitrogen and oxygen atoms in total. The Bertz CT molecular complexity index is 555. The summed E-state index contributed by atoms with van der Waals surface area (Å²) in [6.45, 7) is 2.01. The van der Waals surface area contributed by atoms with Gasteiger partial charge >= 0.3 is 0 Å². The molecule has 0 saturated carbocycles. The van der Waals surface area contributed by atoms with E-state index in [1.807, 2.05) is 30.3 Å². The summed E-state index contributed by atoms with van der Waals surface area (Å²) in [6.07, 6.45) is 2.79. The smallest absolute Gasteiger partial charge is 0.171 e. The first-order valence-corrected chi connectivity index (χ1v) is 7.25. The minimum absolute atomic E-state index is 0.00731. The van der Waals surface area contributed by atoms with Crippen molar-refractivity contribution in [1.82, 2.24) is 10.3 Å². The number of aromatic nitrogens is 1. The minimum atomic E-state index is 0.00731. The first-order valence-electron chi connectivity index (χ1n) is 6.87. The van der Waals surface area contributed by atoms with Crippen molar-refractivity contribution in [3.05, 3.63) is 59.4 Å². The lowest BCUT2D eigenvalue weighted by molar-refractivity contribution is 0.144. The second-order valence-corrected chi connectivity index (χ2v) is 5.35. The molecule has 4 heteroatoms. The quantitative estimate of drug-likeness (QED) is 0.875. The predicted molar refractivity (Wildman–Crippen MR) is 80.0 cm³/mol. The summed E-state index contributed by atoms with van der Waals surface area (Å²) in [4.78, 5) is 4.08. The maximum Gasteiger partial charge on any atom is 0.171 e. The van der Waals surface area contributed by atoms with E-state index >= 15 is 0 Å². The third kappa shape index (κ3) is 2.94. The van der Waals surface area contributed by atoms with Crippen molar-refractivity contribution in [2.45, 2.75) is 12.5 Å². The van der Waals surface area contributed by atoms with Gasteiger partial charge in [0, 0.05) is 18.7 Å². The summed E-state index contributed by atoms with van der Waals surface area (Å²) < 4.78 is 6.18. The van der Waals surface area contributed by atoms with E-state index in [1.54, 1.807) is 6.20 Å². The number of halogens is 1. The first-order chi connectivity index (χ1) is 9.84. The van der Waals surface area contributed by atoms with Crippen molar-refractivity contribution in [3.8, 4) is 5.75 Å². The lowest BCUT2D eigenvalue weighted by Gasteiger charge is -2.25. The van der Waals surface area contributed by atoms with Gasteiger partial charge in [0.25, 0.3) is 0 Å². The van der Waals surface area contributed by atoms with Crippen molar-refractivity contribution in [1.29, 1.82) is 0 Å². The standard InChI is InChI=1S/C16H17ClN2O/c17-16-14(7-4-9-19-16)20-15(13-8-10-18-11-13)12-5-2-1-3-6-12/h1-7,9,13,15,18H,8,10-11H2/t13?,15-/m1/s1. The highest BCUT2D eigenvalue weighted by molar-refractivity contribution is 6.30. The van der Waals surface area contributed by atoms with E-state index in [2.05, 4.69) is 22.4 Å². The van der Waals surface area contributed by atoms with E-state index < -0.39 is 0 Å². The lowest BCUT2D eigenvalue weighted by atomic mass is 9.95. The van der Waals surface area contributed by atoms with Gasteiger partial charge in [0.05, 0.1) is 0 Å². The van der Waals surface area contributed by atoms with Gasteiger partial charge in [-0.05, 0) is 30.7 Å². The van der Waals surface area contributed by atoms with E-state index in [4.69, 9.17) is 16.3 Å². The van der Waals surface area contributed by atoms with Gasteiger partial charge in [-0.15, -0.1) is 0 Å². The van der Waals surface area contributed by atoms with E-state index in [0.717, 1.165) is 19.5 Å². The number of ether oxygens (including phenoxy) is 1. The summed E-state index contributed by atoms with van der Waals surface area (Å²) in [5.41, 5.74) is 1.18. The Labute approximate surface area is 123 Å². The zero-order valence-electron chi connectivity index (χ0n) is 11.1. The van der Waals surface area contributed by atoms with Crippen LogP contribution in [0.15, 0.2) is 48.7 Å². The summed E-state index contributed by atoms with van der Waals surface area (Å²) >= 11 is 6.11. The Morgan fingerprint density at radius 3 is 2.75 bits per heavy atom.